The van der Waals surface area contributed by atoms with Gasteiger partial charge in [-0.15, -0.1) is 21.5 Å². The topological polar surface area (TPSA) is 76.9 Å². The molecular weight excluding hydrogens is 352 g/mol. The smallest absolute Gasteiger partial charge is 0.250 e. The number of nitrogens with one attached hydrogen (secondary N) is 1. The van der Waals surface area contributed by atoms with Gasteiger partial charge >= 0.3 is 0 Å². The summed E-state index contributed by atoms with van der Waals surface area (Å²) in [6.45, 7) is 3.75. The molecule has 10 heteroatoms. The summed E-state index contributed by atoms with van der Waals surface area (Å²) in [5.41, 5.74) is 0. The van der Waals surface area contributed by atoms with E-state index in [1.165, 1.54) is 6.07 Å². The van der Waals surface area contributed by atoms with E-state index in [2.05, 4.69) is 14.9 Å². The number of aromatic nitrogens is 3. The Balaban J connectivity index is 2.19. The van der Waals surface area contributed by atoms with Gasteiger partial charge in [-0.3, -0.25) is 0 Å². The van der Waals surface area contributed by atoms with Crippen LogP contribution in [-0.2, 0) is 17.1 Å². The first kappa shape index (κ1) is 16.8. The van der Waals surface area contributed by atoms with Crippen LogP contribution in [-0.4, -0.2) is 28.9 Å². The number of sulfonamides is 1. The summed E-state index contributed by atoms with van der Waals surface area (Å²) in [7, 11) is -1.79. The van der Waals surface area contributed by atoms with E-state index in [0.717, 1.165) is 22.2 Å². The largest absolute Gasteiger partial charge is 0.308 e. The third kappa shape index (κ3) is 3.78. The predicted molar refractivity (Wildman–Crippen MR) is 85.5 cm³/mol. The summed E-state index contributed by atoms with van der Waals surface area (Å²) in [5.74, 6) is 1.44. The maximum atomic E-state index is 12.3. The van der Waals surface area contributed by atoms with Crippen LogP contribution in [0.1, 0.15) is 25.7 Å². The summed E-state index contributed by atoms with van der Waals surface area (Å²) in [5, 5.41) is 8.88. The van der Waals surface area contributed by atoms with Crippen molar-refractivity contribution in [3.63, 3.8) is 0 Å². The van der Waals surface area contributed by atoms with Crippen LogP contribution >= 0.6 is 34.7 Å². The fourth-order valence-corrected chi connectivity index (χ4v) is 5.09. The van der Waals surface area contributed by atoms with Crippen LogP contribution in [0.15, 0.2) is 21.5 Å². The fraction of sp³-hybridized carbons (Fsp3) is 0.455. The van der Waals surface area contributed by atoms with Gasteiger partial charge in [0.15, 0.2) is 11.0 Å². The van der Waals surface area contributed by atoms with Crippen molar-refractivity contribution in [3.8, 4) is 0 Å². The predicted octanol–water partition coefficient (Wildman–Crippen LogP) is 2.68. The molecule has 0 radical (unpaired) electrons. The molecular formula is C11H15ClN4O2S3. The lowest BCUT2D eigenvalue weighted by molar-refractivity contribution is 0.552. The molecule has 116 valence electrons. The van der Waals surface area contributed by atoms with E-state index < -0.39 is 16.1 Å². The Hall–Kier alpha value is -0.610. The van der Waals surface area contributed by atoms with E-state index in [4.69, 9.17) is 11.6 Å². The molecule has 0 saturated carbocycles. The van der Waals surface area contributed by atoms with Crippen LogP contribution in [0.25, 0.3) is 0 Å². The number of rotatable bonds is 6. The Labute approximate surface area is 137 Å². The van der Waals surface area contributed by atoms with Crippen LogP contribution in [0.4, 0.5) is 0 Å². The lowest BCUT2D eigenvalue weighted by atomic mass is 10.3. The summed E-state index contributed by atoms with van der Waals surface area (Å²) >= 11 is 8.35. The van der Waals surface area contributed by atoms with Crippen molar-refractivity contribution in [2.24, 2.45) is 7.05 Å². The van der Waals surface area contributed by atoms with E-state index in [1.54, 1.807) is 29.3 Å². The Morgan fingerprint density at radius 3 is 2.76 bits per heavy atom. The standard InChI is InChI=1S/C11H15ClN4O2S3/c1-4-19-11-14-13-10(16(11)3)7(2)15-21(17,18)9-6-5-8(12)20-9/h5-7,15H,4H2,1-3H3/t7-/m0/s1. The quantitative estimate of drug-likeness (QED) is 0.795. The fourth-order valence-electron chi connectivity index (χ4n) is 1.74. The zero-order chi connectivity index (χ0) is 15.6. The van der Waals surface area contributed by atoms with Gasteiger partial charge in [-0.25, -0.2) is 13.1 Å². The highest BCUT2D eigenvalue weighted by molar-refractivity contribution is 7.99. The second-order valence-corrected chi connectivity index (χ2v) is 9.12. The SMILES string of the molecule is CCSc1nnc([C@H](C)NS(=O)(=O)c2ccc(Cl)s2)n1C. The molecule has 2 rings (SSSR count). The van der Waals surface area contributed by atoms with Gasteiger partial charge in [0.05, 0.1) is 10.4 Å². The second kappa shape index (κ2) is 6.66. The molecule has 6 nitrogen and oxygen atoms in total. The molecule has 0 fully saturated rings. The summed E-state index contributed by atoms with van der Waals surface area (Å²) in [6.07, 6.45) is 0. The average molecular weight is 367 g/mol. The summed E-state index contributed by atoms with van der Waals surface area (Å²) in [4.78, 5) is 0. The van der Waals surface area contributed by atoms with Crippen LogP contribution < -0.4 is 4.72 Å². The Kier molecular flexibility index (Phi) is 5.31. The Bertz CT molecular complexity index is 726. The molecule has 2 aromatic heterocycles. The molecule has 0 aliphatic rings. The molecule has 0 aliphatic heterocycles. The molecule has 1 N–H and O–H groups in total. The van der Waals surface area contributed by atoms with E-state index in [1.807, 2.05) is 14.0 Å². The highest BCUT2D eigenvalue weighted by Gasteiger charge is 2.23. The average Bonchev–Trinajstić information content (AvgIpc) is 2.97. The highest BCUT2D eigenvalue weighted by atomic mass is 35.5. The Morgan fingerprint density at radius 1 is 1.48 bits per heavy atom. The van der Waals surface area contributed by atoms with Crippen molar-refractivity contribution in [2.75, 3.05) is 5.75 Å². The summed E-state index contributed by atoms with van der Waals surface area (Å²) in [6, 6.07) is 2.56. The molecule has 0 saturated heterocycles. The molecule has 0 spiro atoms. The summed E-state index contributed by atoms with van der Waals surface area (Å²) < 4.78 is 29.5. The molecule has 0 unspecified atom stereocenters. The maximum Gasteiger partial charge on any atom is 0.250 e. The van der Waals surface area contributed by atoms with E-state index >= 15 is 0 Å². The second-order valence-electron chi connectivity index (χ2n) is 4.23. The molecule has 2 aromatic rings. The monoisotopic (exact) mass is 366 g/mol. The first-order valence-corrected chi connectivity index (χ1v) is 9.81. The minimum atomic E-state index is -3.61. The van der Waals surface area contributed by atoms with Gasteiger partial charge in [-0.1, -0.05) is 30.3 Å². The van der Waals surface area contributed by atoms with Gasteiger partial charge in [-0.05, 0) is 24.8 Å². The Morgan fingerprint density at radius 2 is 2.19 bits per heavy atom. The molecule has 0 bridgehead atoms. The van der Waals surface area contributed by atoms with Crippen LogP contribution in [0.2, 0.25) is 4.34 Å². The van der Waals surface area contributed by atoms with Crippen molar-refractivity contribution < 1.29 is 8.42 Å². The minimum Gasteiger partial charge on any atom is -0.308 e. The zero-order valence-electron chi connectivity index (χ0n) is 11.7. The molecule has 0 aliphatic carbocycles. The normalized spacial score (nSPS) is 13.5. The van der Waals surface area contributed by atoms with E-state index in [9.17, 15) is 8.42 Å². The maximum absolute atomic E-state index is 12.3. The minimum absolute atomic E-state index is 0.185. The molecule has 2 heterocycles. The molecule has 0 amide bonds. The van der Waals surface area contributed by atoms with Gasteiger partial charge in [0.1, 0.15) is 4.21 Å². The van der Waals surface area contributed by atoms with Gasteiger partial charge in [0.25, 0.3) is 10.0 Å². The first-order chi connectivity index (χ1) is 9.85. The highest BCUT2D eigenvalue weighted by Crippen LogP contribution is 2.27. The van der Waals surface area contributed by atoms with E-state index in [-0.39, 0.29) is 4.21 Å². The van der Waals surface area contributed by atoms with Crippen LogP contribution in [0.5, 0.6) is 0 Å². The van der Waals surface area contributed by atoms with Crippen molar-refractivity contribution >= 4 is 44.7 Å². The van der Waals surface area contributed by atoms with Crippen molar-refractivity contribution in [3.05, 3.63) is 22.3 Å². The number of nitrogens with zero attached hydrogens (tertiary/aromatic N) is 3. The molecule has 21 heavy (non-hydrogen) atoms. The van der Waals surface area contributed by atoms with Crippen LogP contribution in [0, 0.1) is 0 Å². The number of thioether (sulfide) groups is 1. The van der Waals surface area contributed by atoms with Crippen molar-refractivity contribution in [2.45, 2.75) is 29.3 Å². The lowest BCUT2D eigenvalue weighted by Crippen LogP contribution is -2.28. The van der Waals surface area contributed by atoms with Crippen molar-refractivity contribution in [1.82, 2.24) is 19.5 Å². The van der Waals surface area contributed by atoms with Crippen molar-refractivity contribution in [1.29, 1.82) is 0 Å². The van der Waals surface area contributed by atoms with Gasteiger partial charge in [0.2, 0.25) is 0 Å². The lowest BCUT2D eigenvalue weighted by Gasteiger charge is -2.13. The van der Waals surface area contributed by atoms with Gasteiger partial charge < -0.3 is 4.57 Å². The third-order valence-electron chi connectivity index (χ3n) is 2.67. The van der Waals surface area contributed by atoms with Gasteiger partial charge in [0, 0.05) is 7.05 Å². The van der Waals surface area contributed by atoms with Gasteiger partial charge in [-0.2, -0.15) is 0 Å². The number of hydrogen-bond donors (Lipinski definition) is 1. The zero-order valence-corrected chi connectivity index (χ0v) is 14.9. The van der Waals surface area contributed by atoms with E-state index in [0.29, 0.717) is 10.2 Å². The number of halogens is 1. The number of thiophene rings is 1. The molecule has 0 aromatic carbocycles. The molecule has 1 atom stereocenters. The third-order valence-corrected chi connectivity index (χ3v) is 6.84. The number of hydrogen-bond acceptors (Lipinski definition) is 6. The van der Waals surface area contributed by atoms with Crippen LogP contribution in [0.3, 0.4) is 0 Å². The first-order valence-electron chi connectivity index (χ1n) is 6.15.